The molecule has 0 saturated carbocycles. The molecule has 0 aromatic rings. The highest BCUT2D eigenvalue weighted by molar-refractivity contribution is 5.81. The molecule has 5 heteroatoms. The number of nitrogens with one attached hydrogen (secondary N) is 2. The van der Waals surface area contributed by atoms with Crippen LogP contribution in [0, 0.1) is 0 Å². The smallest absolute Gasteiger partial charge is 0.236 e. The highest BCUT2D eigenvalue weighted by Crippen LogP contribution is 2.13. The van der Waals surface area contributed by atoms with Crippen molar-refractivity contribution in [1.29, 1.82) is 0 Å². The third-order valence-electron chi connectivity index (χ3n) is 2.84. The Morgan fingerprint density at radius 2 is 2.38 bits per heavy atom. The zero-order chi connectivity index (χ0) is 12.0. The van der Waals surface area contributed by atoms with E-state index in [0.29, 0.717) is 13.2 Å². The predicted octanol–water partition coefficient (Wildman–Crippen LogP) is -0.0955. The first-order valence-corrected chi connectivity index (χ1v) is 5.79. The molecule has 0 bridgehead atoms. The van der Waals surface area contributed by atoms with Crippen LogP contribution in [0.4, 0.5) is 0 Å². The lowest BCUT2D eigenvalue weighted by atomic mass is 10.1. The van der Waals surface area contributed by atoms with E-state index in [1.165, 1.54) is 0 Å². The maximum atomic E-state index is 11.6. The fraction of sp³-hybridized carbons (Fsp3) is 0.909. The molecule has 3 unspecified atom stereocenters. The van der Waals surface area contributed by atoms with Gasteiger partial charge in [-0.25, -0.2) is 0 Å². The molecule has 0 aliphatic carbocycles. The molecule has 1 aliphatic rings. The van der Waals surface area contributed by atoms with Crippen LogP contribution in [0.2, 0.25) is 0 Å². The van der Waals surface area contributed by atoms with Gasteiger partial charge < -0.3 is 20.1 Å². The summed E-state index contributed by atoms with van der Waals surface area (Å²) in [6.07, 6.45) is 1.16. The van der Waals surface area contributed by atoms with Gasteiger partial charge in [-0.1, -0.05) is 0 Å². The number of rotatable bonds is 6. The molecule has 1 heterocycles. The summed E-state index contributed by atoms with van der Waals surface area (Å²) in [5.41, 5.74) is 0. The topological polar surface area (TPSA) is 59.6 Å². The molecule has 94 valence electrons. The van der Waals surface area contributed by atoms with E-state index in [9.17, 15) is 4.79 Å². The fourth-order valence-electron chi connectivity index (χ4n) is 1.78. The molecule has 1 aliphatic heterocycles. The first kappa shape index (κ1) is 13.4. The molecule has 1 saturated heterocycles. The van der Waals surface area contributed by atoms with Crippen molar-refractivity contribution < 1.29 is 14.3 Å². The average Bonchev–Trinajstić information content (AvgIpc) is 2.64. The van der Waals surface area contributed by atoms with Gasteiger partial charge in [-0.05, 0) is 20.3 Å². The molecular formula is C11H22N2O3. The third kappa shape index (κ3) is 4.08. The molecule has 3 atom stereocenters. The molecule has 0 aromatic heterocycles. The molecule has 5 nitrogen and oxygen atoms in total. The van der Waals surface area contributed by atoms with Crippen molar-refractivity contribution in [1.82, 2.24) is 10.6 Å². The van der Waals surface area contributed by atoms with Crippen LogP contribution >= 0.6 is 0 Å². The van der Waals surface area contributed by atoms with E-state index in [1.54, 1.807) is 7.11 Å². The maximum Gasteiger partial charge on any atom is 0.236 e. The van der Waals surface area contributed by atoms with Crippen LogP contribution in [0.1, 0.15) is 20.3 Å². The van der Waals surface area contributed by atoms with Gasteiger partial charge in [0, 0.05) is 26.3 Å². The van der Waals surface area contributed by atoms with Crippen molar-refractivity contribution in [2.45, 2.75) is 38.5 Å². The summed E-state index contributed by atoms with van der Waals surface area (Å²) in [5.74, 6) is 0.0103. The third-order valence-corrected chi connectivity index (χ3v) is 2.84. The molecule has 0 spiro atoms. The van der Waals surface area contributed by atoms with E-state index >= 15 is 0 Å². The number of hydrogen-bond acceptors (Lipinski definition) is 4. The predicted molar refractivity (Wildman–Crippen MR) is 61.3 cm³/mol. The first-order chi connectivity index (χ1) is 7.65. The van der Waals surface area contributed by atoms with Crippen molar-refractivity contribution >= 4 is 5.91 Å². The van der Waals surface area contributed by atoms with Gasteiger partial charge in [-0.2, -0.15) is 0 Å². The van der Waals surface area contributed by atoms with Gasteiger partial charge in [-0.3, -0.25) is 4.79 Å². The normalized spacial score (nSPS) is 26.7. The minimum atomic E-state index is -0.189. The van der Waals surface area contributed by atoms with E-state index in [0.717, 1.165) is 13.0 Å². The first-order valence-electron chi connectivity index (χ1n) is 5.79. The highest BCUT2D eigenvalue weighted by atomic mass is 16.5. The van der Waals surface area contributed by atoms with Crippen molar-refractivity contribution in [2.24, 2.45) is 0 Å². The van der Waals surface area contributed by atoms with Crippen LogP contribution in [0.15, 0.2) is 0 Å². The molecule has 2 N–H and O–H groups in total. The Morgan fingerprint density at radius 1 is 1.62 bits per heavy atom. The largest absolute Gasteiger partial charge is 0.383 e. The summed E-state index contributed by atoms with van der Waals surface area (Å²) in [6, 6.07) is 0.0918. The molecule has 0 radical (unpaired) electrons. The van der Waals surface area contributed by atoms with E-state index in [1.807, 2.05) is 13.8 Å². The Kier molecular flexibility index (Phi) is 5.73. The number of hydrogen-bond donors (Lipinski definition) is 2. The van der Waals surface area contributed by atoms with Crippen LogP contribution in [0.3, 0.4) is 0 Å². The molecular weight excluding hydrogens is 208 g/mol. The standard InChI is InChI=1S/C11H22N2O3/c1-8(11(14)12-5-7-15-3)13-10-4-6-16-9(10)2/h8-10,13H,4-7H2,1-3H3,(H,12,14). The quantitative estimate of drug-likeness (QED) is 0.626. The van der Waals surface area contributed by atoms with Gasteiger partial charge in [0.2, 0.25) is 5.91 Å². The van der Waals surface area contributed by atoms with Gasteiger partial charge in [-0.15, -0.1) is 0 Å². The summed E-state index contributed by atoms with van der Waals surface area (Å²) < 4.78 is 10.3. The number of amides is 1. The van der Waals surface area contributed by atoms with E-state index in [-0.39, 0.29) is 24.1 Å². The Labute approximate surface area is 96.9 Å². The summed E-state index contributed by atoms with van der Waals surface area (Å²) in [6.45, 7) is 5.77. The van der Waals surface area contributed by atoms with Crippen LogP contribution in [-0.4, -0.2) is 51.0 Å². The SMILES string of the molecule is COCCNC(=O)C(C)NC1CCOC1C. The number of carbonyl (C=O) groups is 1. The lowest BCUT2D eigenvalue weighted by Crippen LogP contribution is -2.49. The second-order valence-corrected chi connectivity index (χ2v) is 4.14. The minimum absolute atomic E-state index is 0.0103. The van der Waals surface area contributed by atoms with Gasteiger partial charge in [0.25, 0.3) is 0 Å². The summed E-state index contributed by atoms with van der Waals surface area (Å²) in [5, 5.41) is 6.08. The summed E-state index contributed by atoms with van der Waals surface area (Å²) >= 11 is 0. The van der Waals surface area contributed by atoms with Gasteiger partial charge >= 0.3 is 0 Å². The summed E-state index contributed by atoms with van der Waals surface area (Å²) in [7, 11) is 1.62. The van der Waals surface area contributed by atoms with Crippen LogP contribution in [0.5, 0.6) is 0 Å². The molecule has 1 fully saturated rings. The second-order valence-electron chi connectivity index (χ2n) is 4.14. The number of carbonyl (C=O) groups excluding carboxylic acids is 1. The monoisotopic (exact) mass is 230 g/mol. The zero-order valence-electron chi connectivity index (χ0n) is 10.3. The molecule has 1 amide bonds. The average molecular weight is 230 g/mol. The van der Waals surface area contributed by atoms with E-state index < -0.39 is 0 Å². The second kappa shape index (κ2) is 6.83. The van der Waals surface area contributed by atoms with Crippen LogP contribution in [-0.2, 0) is 14.3 Å². The van der Waals surface area contributed by atoms with Crippen molar-refractivity contribution in [3.8, 4) is 0 Å². The Bertz CT molecular complexity index is 223. The molecule has 1 rings (SSSR count). The fourth-order valence-corrected chi connectivity index (χ4v) is 1.78. The van der Waals surface area contributed by atoms with Crippen molar-refractivity contribution in [3.63, 3.8) is 0 Å². The van der Waals surface area contributed by atoms with Crippen molar-refractivity contribution in [2.75, 3.05) is 26.9 Å². The summed E-state index contributed by atoms with van der Waals surface area (Å²) in [4.78, 5) is 11.6. The number of methoxy groups -OCH3 is 1. The Morgan fingerprint density at radius 3 is 2.94 bits per heavy atom. The minimum Gasteiger partial charge on any atom is -0.383 e. The highest BCUT2D eigenvalue weighted by Gasteiger charge is 2.26. The van der Waals surface area contributed by atoms with E-state index in [4.69, 9.17) is 9.47 Å². The lowest BCUT2D eigenvalue weighted by molar-refractivity contribution is -0.123. The van der Waals surface area contributed by atoms with Crippen LogP contribution < -0.4 is 10.6 Å². The van der Waals surface area contributed by atoms with Gasteiger partial charge in [0.05, 0.1) is 18.8 Å². The molecule has 16 heavy (non-hydrogen) atoms. The molecule has 0 aromatic carbocycles. The van der Waals surface area contributed by atoms with E-state index in [2.05, 4.69) is 10.6 Å². The Balaban J connectivity index is 2.22. The Hall–Kier alpha value is -0.650. The van der Waals surface area contributed by atoms with Crippen molar-refractivity contribution in [3.05, 3.63) is 0 Å². The maximum absolute atomic E-state index is 11.6. The lowest BCUT2D eigenvalue weighted by Gasteiger charge is -2.21. The number of ether oxygens (including phenoxy) is 2. The van der Waals surface area contributed by atoms with Gasteiger partial charge in [0.1, 0.15) is 0 Å². The zero-order valence-corrected chi connectivity index (χ0v) is 10.3. The van der Waals surface area contributed by atoms with Gasteiger partial charge in [0.15, 0.2) is 0 Å². The van der Waals surface area contributed by atoms with Crippen LogP contribution in [0.25, 0.3) is 0 Å².